The zero-order valence-electron chi connectivity index (χ0n) is 11.6. The van der Waals surface area contributed by atoms with Gasteiger partial charge in [0.25, 0.3) is 5.91 Å². The van der Waals surface area contributed by atoms with Crippen LogP contribution in [-0.4, -0.2) is 36.0 Å². The molecule has 1 aromatic heterocycles. The van der Waals surface area contributed by atoms with Gasteiger partial charge in [0.1, 0.15) is 6.54 Å². The van der Waals surface area contributed by atoms with Gasteiger partial charge in [-0.15, -0.1) is 11.3 Å². The molecule has 0 aromatic carbocycles. The molecule has 108 valence electrons. The molecule has 1 aliphatic rings. The van der Waals surface area contributed by atoms with Gasteiger partial charge in [-0.3, -0.25) is 9.59 Å². The number of nitrogens with one attached hydrogen (secondary N) is 1. The number of carbonyl (C=O) groups is 2. The van der Waals surface area contributed by atoms with Crippen LogP contribution in [0.3, 0.4) is 0 Å². The monoisotopic (exact) mass is 293 g/mol. The van der Waals surface area contributed by atoms with E-state index in [4.69, 9.17) is 0 Å². The Balaban J connectivity index is 1.81. The van der Waals surface area contributed by atoms with Gasteiger partial charge in [0, 0.05) is 17.8 Å². The van der Waals surface area contributed by atoms with Gasteiger partial charge in [-0.05, 0) is 36.8 Å². The fourth-order valence-electron chi connectivity index (χ4n) is 2.09. The van der Waals surface area contributed by atoms with Crippen molar-refractivity contribution in [3.63, 3.8) is 0 Å². The van der Waals surface area contributed by atoms with Crippen LogP contribution in [0.5, 0.6) is 0 Å². The predicted octanol–water partition coefficient (Wildman–Crippen LogP) is 1.91. The lowest BCUT2D eigenvalue weighted by atomic mass is 10.2. The maximum Gasteiger partial charge on any atom is 0.259 e. The van der Waals surface area contributed by atoms with Crippen molar-refractivity contribution in [2.24, 2.45) is 5.10 Å². The quantitative estimate of drug-likeness (QED) is 0.681. The molecule has 0 bridgehead atoms. The Kier molecular flexibility index (Phi) is 5.29. The van der Waals surface area contributed by atoms with Crippen molar-refractivity contribution >= 4 is 29.4 Å². The molecule has 1 fully saturated rings. The molecule has 1 saturated heterocycles. The van der Waals surface area contributed by atoms with Crippen molar-refractivity contribution in [1.29, 1.82) is 0 Å². The van der Waals surface area contributed by atoms with E-state index >= 15 is 0 Å². The number of carbonyl (C=O) groups excluding carboxylic acids is 2. The number of hydrogen-bond acceptors (Lipinski definition) is 4. The van der Waals surface area contributed by atoms with Crippen molar-refractivity contribution in [3.05, 3.63) is 21.9 Å². The van der Waals surface area contributed by atoms with E-state index in [2.05, 4.69) is 10.5 Å². The van der Waals surface area contributed by atoms with Crippen molar-refractivity contribution in [3.8, 4) is 0 Å². The lowest BCUT2D eigenvalue weighted by molar-refractivity contribution is -0.135. The molecule has 2 rings (SSSR count). The summed E-state index contributed by atoms with van der Waals surface area (Å²) in [5, 5.41) is 5.92. The molecule has 0 atom stereocenters. The molecular weight excluding hydrogens is 274 g/mol. The summed E-state index contributed by atoms with van der Waals surface area (Å²) in [5.41, 5.74) is 3.61. The molecule has 5 nitrogen and oxygen atoms in total. The third-order valence-corrected chi connectivity index (χ3v) is 4.23. The summed E-state index contributed by atoms with van der Waals surface area (Å²) in [6, 6.07) is 2.00. The number of rotatable bonds is 4. The SMILES string of the molecule is Cc1ccsc1/C=N\NC(=O)CN1CCCCCC1=O. The fourth-order valence-corrected chi connectivity index (χ4v) is 2.88. The summed E-state index contributed by atoms with van der Waals surface area (Å²) in [6.07, 6.45) is 5.14. The number of hydrogen-bond donors (Lipinski definition) is 1. The molecule has 1 aliphatic heterocycles. The molecule has 0 radical (unpaired) electrons. The molecule has 2 heterocycles. The maximum atomic E-state index is 11.8. The van der Waals surface area contributed by atoms with Crippen molar-refractivity contribution < 1.29 is 9.59 Å². The average Bonchev–Trinajstić information content (AvgIpc) is 2.71. The topological polar surface area (TPSA) is 61.8 Å². The maximum absolute atomic E-state index is 11.8. The Morgan fingerprint density at radius 1 is 1.50 bits per heavy atom. The number of aryl methyl sites for hydroxylation is 1. The first kappa shape index (κ1) is 14.7. The van der Waals surface area contributed by atoms with Crippen LogP contribution < -0.4 is 5.43 Å². The minimum absolute atomic E-state index is 0.0655. The standard InChI is InChI=1S/C14H19N3O2S/c1-11-6-8-20-12(11)9-15-16-13(18)10-17-7-4-2-3-5-14(17)19/h6,8-9H,2-5,7,10H2,1H3,(H,16,18)/b15-9-. The van der Waals surface area contributed by atoms with Crippen molar-refractivity contribution in [2.45, 2.75) is 32.6 Å². The van der Waals surface area contributed by atoms with Crippen LogP contribution in [0.25, 0.3) is 0 Å². The second-order valence-electron chi connectivity index (χ2n) is 4.89. The highest BCUT2D eigenvalue weighted by Gasteiger charge is 2.18. The molecule has 0 spiro atoms. The number of nitrogens with zero attached hydrogens (tertiary/aromatic N) is 2. The zero-order chi connectivity index (χ0) is 14.4. The largest absolute Gasteiger partial charge is 0.333 e. The molecular formula is C14H19N3O2S. The predicted molar refractivity (Wildman–Crippen MR) is 79.8 cm³/mol. The minimum Gasteiger partial charge on any atom is -0.333 e. The molecule has 1 aromatic rings. The highest BCUT2D eigenvalue weighted by atomic mass is 32.1. The molecule has 0 saturated carbocycles. The van der Waals surface area contributed by atoms with Crippen LogP contribution in [0.15, 0.2) is 16.5 Å². The van der Waals surface area contributed by atoms with Crippen LogP contribution in [0.2, 0.25) is 0 Å². The van der Waals surface area contributed by atoms with E-state index in [9.17, 15) is 9.59 Å². The van der Waals surface area contributed by atoms with E-state index in [-0.39, 0.29) is 18.4 Å². The Morgan fingerprint density at radius 2 is 2.35 bits per heavy atom. The summed E-state index contributed by atoms with van der Waals surface area (Å²) in [6.45, 7) is 2.76. The van der Waals surface area contributed by atoms with E-state index < -0.39 is 0 Å². The Hall–Kier alpha value is -1.69. The van der Waals surface area contributed by atoms with E-state index in [0.717, 1.165) is 29.7 Å². The number of thiophene rings is 1. The summed E-state index contributed by atoms with van der Waals surface area (Å²) in [5.74, 6) is -0.179. The third kappa shape index (κ3) is 4.16. The van der Waals surface area contributed by atoms with Gasteiger partial charge in [0.2, 0.25) is 5.91 Å². The Morgan fingerprint density at radius 3 is 3.10 bits per heavy atom. The molecule has 0 unspecified atom stereocenters. The lowest BCUT2D eigenvalue weighted by Gasteiger charge is -2.18. The first-order valence-electron chi connectivity index (χ1n) is 6.80. The van der Waals surface area contributed by atoms with Crippen LogP contribution in [0, 0.1) is 6.92 Å². The van der Waals surface area contributed by atoms with E-state index in [1.807, 2.05) is 18.4 Å². The van der Waals surface area contributed by atoms with Crippen LogP contribution in [0.4, 0.5) is 0 Å². The smallest absolute Gasteiger partial charge is 0.259 e. The highest BCUT2D eigenvalue weighted by molar-refractivity contribution is 7.11. The van der Waals surface area contributed by atoms with Gasteiger partial charge in [0.15, 0.2) is 0 Å². The zero-order valence-corrected chi connectivity index (χ0v) is 12.4. The molecule has 0 aliphatic carbocycles. The summed E-state index contributed by atoms with van der Waals surface area (Å²) >= 11 is 1.57. The van der Waals surface area contributed by atoms with Crippen LogP contribution in [-0.2, 0) is 9.59 Å². The van der Waals surface area contributed by atoms with E-state index in [1.54, 1.807) is 22.5 Å². The van der Waals surface area contributed by atoms with Crippen molar-refractivity contribution in [1.82, 2.24) is 10.3 Å². The molecule has 20 heavy (non-hydrogen) atoms. The number of amides is 2. The van der Waals surface area contributed by atoms with Gasteiger partial charge in [0.05, 0.1) is 6.21 Å². The minimum atomic E-state index is -0.245. The molecule has 1 N–H and O–H groups in total. The van der Waals surface area contributed by atoms with Gasteiger partial charge >= 0.3 is 0 Å². The highest BCUT2D eigenvalue weighted by Crippen LogP contribution is 2.12. The fraction of sp³-hybridized carbons (Fsp3) is 0.500. The van der Waals surface area contributed by atoms with Gasteiger partial charge in [-0.1, -0.05) is 6.42 Å². The van der Waals surface area contributed by atoms with E-state index in [0.29, 0.717) is 13.0 Å². The molecule has 2 amide bonds. The normalized spacial score (nSPS) is 16.4. The third-order valence-electron chi connectivity index (χ3n) is 3.28. The second kappa shape index (κ2) is 7.19. The number of likely N-dealkylation sites (tertiary alicyclic amines) is 1. The number of hydrazone groups is 1. The van der Waals surface area contributed by atoms with Gasteiger partial charge < -0.3 is 4.90 Å². The van der Waals surface area contributed by atoms with Gasteiger partial charge in [-0.25, -0.2) is 5.43 Å². The Bertz CT molecular complexity index is 510. The average molecular weight is 293 g/mol. The van der Waals surface area contributed by atoms with Crippen LogP contribution in [0.1, 0.15) is 36.1 Å². The van der Waals surface area contributed by atoms with Crippen molar-refractivity contribution in [2.75, 3.05) is 13.1 Å². The van der Waals surface area contributed by atoms with E-state index in [1.165, 1.54) is 0 Å². The lowest BCUT2D eigenvalue weighted by Crippen LogP contribution is -2.39. The first-order valence-corrected chi connectivity index (χ1v) is 7.68. The summed E-state index contributed by atoms with van der Waals surface area (Å²) in [4.78, 5) is 26.2. The molecule has 6 heteroatoms. The van der Waals surface area contributed by atoms with Gasteiger partial charge in [-0.2, -0.15) is 5.10 Å². The van der Waals surface area contributed by atoms with Crippen LogP contribution >= 0.6 is 11.3 Å². The first-order chi connectivity index (χ1) is 9.66. The summed E-state index contributed by atoms with van der Waals surface area (Å²) < 4.78 is 0. The Labute approximate surface area is 122 Å². The second-order valence-corrected chi connectivity index (χ2v) is 5.83. The summed E-state index contributed by atoms with van der Waals surface area (Å²) in [7, 11) is 0.